The van der Waals surface area contributed by atoms with Gasteiger partial charge in [-0.3, -0.25) is 9.69 Å². The number of amides is 1. The Morgan fingerprint density at radius 3 is 2.62 bits per heavy atom. The highest BCUT2D eigenvalue weighted by Gasteiger charge is 2.19. The van der Waals surface area contributed by atoms with Crippen molar-refractivity contribution in [3.05, 3.63) is 58.1 Å². The van der Waals surface area contributed by atoms with E-state index >= 15 is 0 Å². The smallest absolute Gasteiger partial charge is 0.246 e. The van der Waals surface area contributed by atoms with Gasteiger partial charge >= 0.3 is 0 Å². The highest BCUT2D eigenvalue weighted by Crippen LogP contribution is 2.11. The van der Waals surface area contributed by atoms with Crippen LogP contribution in [-0.2, 0) is 11.3 Å². The van der Waals surface area contributed by atoms with Crippen molar-refractivity contribution < 1.29 is 4.79 Å². The first kappa shape index (κ1) is 16.4. The molecule has 122 valence electrons. The summed E-state index contributed by atoms with van der Waals surface area (Å²) in [6, 6.07) is 9.81. The van der Waals surface area contributed by atoms with Gasteiger partial charge in [-0.15, -0.1) is 11.3 Å². The molecule has 0 bridgehead atoms. The van der Waals surface area contributed by atoms with Crippen molar-refractivity contribution in [2.75, 3.05) is 26.2 Å². The summed E-state index contributed by atoms with van der Waals surface area (Å²) in [7, 11) is 0. The Morgan fingerprint density at radius 1 is 1.25 bits per heavy atom. The number of nitriles is 1. The zero-order valence-electron chi connectivity index (χ0n) is 13.3. The average molecular weight is 338 g/mol. The Labute approximate surface area is 145 Å². The van der Waals surface area contributed by atoms with E-state index in [0.717, 1.165) is 37.7 Å². The number of hydrogen-bond donors (Lipinski definition) is 0. The van der Waals surface area contributed by atoms with Gasteiger partial charge in [-0.2, -0.15) is 5.26 Å². The van der Waals surface area contributed by atoms with E-state index in [4.69, 9.17) is 5.26 Å². The quantitative estimate of drug-likeness (QED) is 0.803. The topological polar surface area (TPSA) is 60.2 Å². The Balaban J connectivity index is 1.48. The molecule has 1 fully saturated rings. The minimum absolute atomic E-state index is 0.0447. The molecule has 2 aromatic rings. The lowest BCUT2D eigenvalue weighted by Crippen LogP contribution is -2.47. The molecule has 1 aromatic heterocycles. The molecule has 24 heavy (non-hydrogen) atoms. The maximum Gasteiger partial charge on any atom is 0.246 e. The fourth-order valence-corrected chi connectivity index (χ4v) is 3.16. The van der Waals surface area contributed by atoms with Crippen molar-refractivity contribution >= 4 is 23.3 Å². The van der Waals surface area contributed by atoms with Crippen molar-refractivity contribution in [1.29, 1.82) is 5.26 Å². The molecule has 1 amide bonds. The molecule has 0 N–H and O–H groups in total. The first-order chi connectivity index (χ1) is 11.7. The van der Waals surface area contributed by atoms with E-state index in [1.54, 1.807) is 18.3 Å². The van der Waals surface area contributed by atoms with E-state index in [1.807, 2.05) is 34.5 Å². The summed E-state index contributed by atoms with van der Waals surface area (Å²) >= 11 is 1.52. The second kappa shape index (κ2) is 7.86. The third kappa shape index (κ3) is 4.28. The molecule has 0 radical (unpaired) electrons. The van der Waals surface area contributed by atoms with Crippen LogP contribution in [0, 0.1) is 11.3 Å². The van der Waals surface area contributed by atoms with E-state index in [2.05, 4.69) is 16.0 Å². The first-order valence-corrected chi connectivity index (χ1v) is 8.70. The molecule has 0 unspecified atom stereocenters. The normalized spacial score (nSPS) is 15.5. The second-order valence-corrected chi connectivity index (χ2v) is 6.54. The molecule has 6 heteroatoms. The van der Waals surface area contributed by atoms with E-state index in [9.17, 15) is 4.79 Å². The van der Waals surface area contributed by atoms with Crippen LogP contribution in [0.3, 0.4) is 0 Å². The zero-order chi connectivity index (χ0) is 16.8. The van der Waals surface area contributed by atoms with Crippen LogP contribution in [0.1, 0.15) is 16.1 Å². The van der Waals surface area contributed by atoms with E-state index in [0.29, 0.717) is 5.56 Å². The van der Waals surface area contributed by atoms with Gasteiger partial charge in [0.2, 0.25) is 5.91 Å². The number of benzene rings is 1. The van der Waals surface area contributed by atoms with Gasteiger partial charge < -0.3 is 4.90 Å². The average Bonchev–Trinajstić information content (AvgIpc) is 3.14. The molecule has 0 spiro atoms. The predicted octanol–water partition coefficient (Wildman–Crippen LogP) is 2.37. The lowest BCUT2D eigenvalue weighted by Gasteiger charge is -2.34. The van der Waals surface area contributed by atoms with Crippen LogP contribution in [0.15, 0.2) is 41.9 Å². The van der Waals surface area contributed by atoms with Crippen molar-refractivity contribution in [3.63, 3.8) is 0 Å². The van der Waals surface area contributed by atoms with Gasteiger partial charge in [0, 0.05) is 50.4 Å². The minimum Gasteiger partial charge on any atom is -0.337 e. The number of rotatable bonds is 4. The lowest BCUT2D eigenvalue weighted by molar-refractivity contribution is -0.127. The molecule has 1 aromatic carbocycles. The van der Waals surface area contributed by atoms with Crippen molar-refractivity contribution in [2.24, 2.45) is 0 Å². The molecule has 5 nitrogen and oxygen atoms in total. The van der Waals surface area contributed by atoms with E-state index in [-0.39, 0.29) is 5.91 Å². The fraction of sp³-hybridized carbons (Fsp3) is 0.278. The van der Waals surface area contributed by atoms with E-state index in [1.165, 1.54) is 16.9 Å². The molecular formula is C18H18N4OS. The molecule has 0 aliphatic carbocycles. The highest BCUT2D eigenvalue weighted by molar-refractivity contribution is 7.10. The third-order valence-corrected chi connectivity index (χ3v) is 4.73. The monoisotopic (exact) mass is 338 g/mol. The van der Waals surface area contributed by atoms with Crippen LogP contribution in [0.4, 0.5) is 0 Å². The molecule has 3 rings (SSSR count). The molecule has 1 aliphatic heterocycles. The Morgan fingerprint density at radius 2 is 2.00 bits per heavy atom. The van der Waals surface area contributed by atoms with Gasteiger partial charge in [-0.25, -0.2) is 4.98 Å². The van der Waals surface area contributed by atoms with Crippen LogP contribution in [0.5, 0.6) is 0 Å². The van der Waals surface area contributed by atoms with Crippen LogP contribution in [0.2, 0.25) is 0 Å². The number of thiazole rings is 1. The number of nitrogens with zero attached hydrogens (tertiary/aromatic N) is 4. The standard InChI is InChI=1S/C18H18N4OS/c19-13-15-1-3-16(4-2-15)14-21-8-10-22(11-9-21)18(23)6-5-17-20-7-12-24-17/h1-7,12H,8-11,14H2/b6-5+. The van der Waals surface area contributed by atoms with Gasteiger partial charge in [0.25, 0.3) is 0 Å². The molecular weight excluding hydrogens is 320 g/mol. The summed E-state index contributed by atoms with van der Waals surface area (Å²) in [6.07, 6.45) is 5.11. The highest BCUT2D eigenvalue weighted by atomic mass is 32.1. The largest absolute Gasteiger partial charge is 0.337 e. The fourth-order valence-electron chi connectivity index (χ4n) is 2.63. The summed E-state index contributed by atoms with van der Waals surface area (Å²) < 4.78 is 0. The maximum atomic E-state index is 12.2. The molecule has 1 saturated heterocycles. The van der Waals surface area contributed by atoms with Gasteiger partial charge in [-0.1, -0.05) is 12.1 Å². The van der Waals surface area contributed by atoms with Crippen molar-refractivity contribution in [3.8, 4) is 6.07 Å². The number of piperazine rings is 1. The van der Waals surface area contributed by atoms with Crippen LogP contribution >= 0.6 is 11.3 Å². The molecule has 2 heterocycles. The zero-order valence-corrected chi connectivity index (χ0v) is 14.1. The summed E-state index contributed by atoms with van der Waals surface area (Å²) in [5.74, 6) is 0.0447. The lowest BCUT2D eigenvalue weighted by atomic mass is 10.1. The van der Waals surface area contributed by atoms with Gasteiger partial charge in [-0.05, 0) is 23.8 Å². The SMILES string of the molecule is N#Cc1ccc(CN2CCN(C(=O)/C=C/c3nccs3)CC2)cc1. The summed E-state index contributed by atoms with van der Waals surface area (Å²) in [4.78, 5) is 20.5. The summed E-state index contributed by atoms with van der Waals surface area (Å²) in [5.41, 5.74) is 1.87. The van der Waals surface area contributed by atoms with Crippen LogP contribution in [-0.4, -0.2) is 46.9 Å². The Kier molecular flexibility index (Phi) is 5.36. The predicted molar refractivity (Wildman–Crippen MR) is 94.2 cm³/mol. The van der Waals surface area contributed by atoms with Gasteiger partial charge in [0.15, 0.2) is 0 Å². The third-order valence-electron chi connectivity index (χ3n) is 3.99. The van der Waals surface area contributed by atoms with Crippen molar-refractivity contribution in [1.82, 2.24) is 14.8 Å². The maximum absolute atomic E-state index is 12.2. The van der Waals surface area contributed by atoms with Crippen molar-refractivity contribution in [2.45, 2.75) is 6.54 Å². The number of hydrogen-bond acceptors (Lipinski definition) is 5. The van der Waals surface area contributed by atoms with Crippen LogP contribution < -0.4 is 0 Å². The van der Waals surface area contributed by atoms with Gasteiger partial charge in [0.05, 0.1) is 11.6 Å². The number of carbonyl (C=O) groups excluding carboxylic acids is 1. The van der Waals surface area contributed by atoms with Gasteiger partial charge in [0.1, 0.15) is 5.01 Å². The Bertz CT molecular complexity index is 738. The van der Waals surface area contributed by atoms with E-state index < -0.39 is 0 Å². The minimum atomic E-state index is 0.0447. The Hall–Kier alpha value is -2.49. The molecule has 0 saturated carbocycles. The first-order valence-electron chi connectivity index (χ1n) is 7.82. The summed E-state index contributed by atoms with van der Waals surface area (Å²) in [6.45, 7) is 4.03. The second-order valence-electron chi connectivity index (χ2n) is 5.61. The summed E-state index contributed by atoms with van der Waals surface area (Å²) in [5, 5.41) is 11.6. The molecule has 0 atom stereocenters. The number of carbonyl (C=O) groups is 1. The van der Waals surface area contributed by atoms with Crippen LogP contribution in [0.25, 0.3) is 6.08 Å². The number of aromatic nitrogens is 1. The molecule has 1 aliphatic rings.